The van der Waals surface area contributed by atoms with Crippen molar-refractivity contribution in [1.29, 1.82) is 0 Å². The Kier molecular flexibility index (Phi) is 4.24. The molecule has 1 atom stereocenters. The van der Waals surface area contributed by atoms with Gasteiger partial charge < -0.3 is 10.0 Å². The number of hydrogen-bond acceptors (Lipinski definition) is 3. The molecule has 0 spiro atoms. The number of nitrogens with zero attached hydrogens (tertiary/aromatic N) is 2. The van der Waals surface area contributed by atoms with Gasteiger partial charge in [0.1, 0.15) is 5.82 Å². The maximum Gasteiger partial charge on any atom is 0.147 e. The lowest BCUT2D eigenvalue weighted by atomic mass is 9.96. The van der Waals surface area contributed by atoms with E-state index in [0.29, 0.717) is 5.02 Å². The van der Waals surface area contributed by atoms with Crippen molar-refractivity contribution in [2.45, 2.75) is 32.8 Å². The summed E-state index contributed by atoms with van der Waals surface area (Å²) < 4.78 is 0. The van der Waals surface area contributed by atoms with Crippen LogP contribution in [-0.4, -0.2) is 23.2 Å². The van der Waals surface area contributed by atoms with E-state index in [1.807, 2.05) is 0 Å². The highest BCUT2D eigenvalue weighted by Gasteiger charge is 2.21. The molecule has 1 fully saturated rings. The second-order valence-electron chi connectivity index (χ2n) is 4.67. The number of aliphatic hydroxyl groups is 1. The second kappa shape index (κ2) is 5.69. The molecule has 0 bridgehead atoms. The second-order valence-corrected chi connectivity index (χ2v) is 5.08. The highest BCUT2D eigenvalue weighted by molar-refractivity contribution is 6.33. The Hall–Kier alpha value is -0.800. The predicted octanol–water partition coefficient (Wildman–Crippen LogP) is 2.85. The minimum Gasteiger partial charge on any atom is -0.392 e. The summed E-state index contributed by atoms with van der Waals surface area (Å²) in [4.78, 5) is 6.64. The average molecular weight is 255 g/mol. The molecule has 0 aliphatic carbocycles. The van der Waals surface area contributed by atoms with Gasteiger partial charge in [0.2, 0.25) is 0 Å². The molecule has 1 aliphatic heterocycles. The lowest BCUT2D eigenvalue weighted by Crippen LogP contribution is -2.35. The van der Waals surface area contributed by atoms with Crippen LogP contribution < -0.4 is 4.90 Å². The number of anilines is 1. The summed E-state index contributed by atoms with van der Waals surface area (Å²) in [6.45, 7) is 4.30. The molecular formula is C13H19ClN2O. The molecule has 1 aromatic heterocycles. The predicted molar refractivity (Wildman–Crippen MR) is 70.4 cm³/mol. The summed E-state index contributed by atoms with van der Waals surface area (Å²) in [6.07, 6.45) is 5.43. The van der Waals surface area contributed by atoms with E-state index in [2.05, 4.69) is 16.8 Å². The Balaban J connectivity index is 2.16. The molecule has 1 saturated heterocycles. The van der Waals surface area contributed by atoms with Gasteiger partial charge in [-0.05, 0) is 30.4 Å². The molecule has 0 aromatic carbocycles. The number of aromatic nitrogens is 1. The van der Waals surface area contributed by atoms with Crippen LogP contribution in [0.15, 0.2) is 12.3 Å². The normalized spacial score (nSPS) is 20.6. The minimum absolute atomic E-state index is 0.00934. The molecule has 3 nitrogen and oxygen atoms in total. The van der Waals surface area contributed by atoms with Gasteiger partial charge in [0.05, 0.1) is 11.6 Å². The van der Waals surface area contributed by atoms with Crippen LogP contribution in [0.4, 0.5) is 5.82 Å². The van der Waals surface area contributed by atoms with Crippen molar-refractivity contribution >= 4 is 17.4 Å². The van der Waals surface area contributed by atoms with E-state index in [4.69, 9.17) is 16.7 Å². The maximum atomic E-state index is 9.03. The number of aliphatic hydroxyl groups excluding tert-OH is 1. The number of hydrogen-bond donors (Lipinski definition) is 1. The van der Waals surface area contributed by atoms with E-state index in [1.54, 1.807) is 12.3 Å². The molecule has 0 amide bonds. The van der Waals surface area contributed by atoms with Gasteiger partial charge in [-0.1, -0.05) is 24.9 Å². The lowest BCUT2D eigenvalue weighted by Gasteiger charge is -2.33. The van der Waals surface area contributed by atoms with Crippen molar-refractivity contribution in [3.63, 3.8) is 0 Å². The van der Waals surface area contributed by atoms with Crippen molar-refractivity contribution in [1.82, 2.24) is 4.98 Å². The summed E-state index contributed by atoms with van der Waals surface area (Å²) in [6, 6.07) is 1.81. The summed E-state index contributed by atoms with van der Waals surface area (Å²) in [7, 11) is 0. The van der Waals surface area contributed by atoms with Crippen molar-refractivity contribution < 1.29 is 5.11 Å². The van der Waals surface area contributed by atoms with E-state index < -0.39 is 0 Å². The monoisotopic (exact) mass is 254 g/mol. The van der Waals surface area contributed by atoms with Gasteiger partial charge in [0.15, 0.2) is 0 Å². The van der Waals surface area contributed by atoms with Crippen LogP contribution in [0, 0.1) is 5.92 Å². The van der Waals surface area contributed by atoms with E-state index >= 15 is 0 Å². The third-order valence-corrected chi connectivity index (χ3v) is 3.73. The Morgan fingerprint density at radius 3 is 3.06 bits per heavy atom. The van der Waals surface area contributed by atoms with Crippen molar-refractivity contribution in [2.75, 3.05) is 18.0 Å². The molecule has 1 N–H and O–H groups in total. The fraction of sp³-hybridized carbons (Fsp3) is 0.615. The number of rotatable bonds is 3. The number of halogens is 1. The largest absolute Gasteiger partial charge is 0.392 e. The maximum absolute atomic E-state index is 9.03. The van der Waals surface area contributed by atoms with Crippen LogP contribution >= 0.6 is 11.6 Å². The van der Waals surface area contributed by atoms with Gasteiger partial charge >= 0.3 is 0 Å². The molecule has 94 valence electrons. The third-order valence-electron chi connectivity index (χ3n) is 3.46. The van der Waals surface area contributed by atoms with E-state index in [9.17, 15) is 0 Å². The highest BCUT2D eigenvalue weighted by atomic mass is 35.5. The summed E-state index contributed by atoms with van der Waals surface area (Å²) in [5.41, 5.74) is 0.766. The Morgan fingerprint density at radius 1 is 1.59 bits per heavy atom. The molecule has 1 aliphatic rings. The summed E-state index contributed by atoms with van der Waals surface area (Å²) >= 11 is 6.22. The summed E-state index contributed by atoms with van der Waals surface area (Å²) in [5, 5.41) is 9.68. The standard InChI is InChI=1S/C13H19ClN2O/c1-2-10-4-3-5-16(8-10)13-12(14)6-11(9-17)7-15-13/h6-7,10,17H,2-5,8-9H2,1H3. The molecule has 1 unspecified atom stereocenters. The van der Waals surface area contributed by atoms with Crippen LogP contribution in [0.3, 0.4) is 0 Å². The molecular weight excluding hydrogens is 236 g/mol. The van der Waals surface area contributed by atoms with Crippen LogP contribution in [0.5, 0.6) is 0 Å². The van der Waals surface area contributed by atoms with E-state index in [1.165, 1.54) is 19.3 Å². The topological polar surface area (TPSA) is 36.4 Å². The Labute approximate surface area is 107 Å². The van der Waals surface area contributed by atoms with Gasteiger partial charge in [-0.3, -0.25) is 0 Å². The number of piperidine rings is 1. The first-order valence-electron chi connectivity index (χ1n) is 6.24. The van der Waals surface area contributed by atoms with Crippen LogP contribution in [0.2, 0.25) is 5.02 Å². The first kappa shape index (κ1) is 12.7. The first-order valence-corrected chi connectivity index (χ1v) is 6.62. The first-order chi connectivity index (χ1) is 8.24. The minimum atomic E-state index is -0.00934. The van der Waals surface area contributed by atoms with Crippen LogP contribution in [-0.2, 0) is 6.61 Å². The Morgan fingerprint density at radius 2 is 2.41 bits per heavy atom. The molecule has 0 saturated carbocycles. The molecule has 4 heteroatoms. The smallest absolute Gasteiger partial charge is 0.147 e. The molecule has 17 heavy (non-hydrogen) atoms. The van der Waals surface area contributed by atoms with Gasteiger partial charge in [0, 0.05) is 19.3 Å². The van der Waals surface area contributed by atoms with Gasteiger partial charge in [-0.25, -0.2) is 4.98 Å². The zero-order chi connectivity index (χ0) is 12.3. The molecule has 2 heterocycles. The molecule has 2 rings (SSSR count). The Bertz CT molecular complexity index is 384. The summed E-state index contributed by atoms with van der Waals surface area (Å²) in [5.74, 6) is 1.61. The average Bonchev–Trinajstić information content (AvgIpc) is 2.38. The zero-order valence-electron chi connectivity index (χ0n) is 10.2. The highest BCUT2D eigenvalue weighted by Crippen LogP contribution is 2.29. The van der Waals surface area contributed by atoms with E-state index in [0.717, 1.165) is 30.4 Å². The fourth-order valence-electron chi connectivity index (χ4n) is 2.38. The SMILES string of the molecule is CCC1CCCN(c2ncc(CO)cc2Cl)C1. The molecule has 1 aromatic rings. The molecule has 0 radical (unpaired) electrons. The van der Waals surface area contributed by atoms with Gasteiger partial charge in [0.25, 0.3) is 0 Å². The van der Waals surface area contributed by atoms with Crippen molar-refractivity contribution in [3.05, 3.63) is 22.8 Å². The van der Waals surface area contributed by atoms with Crippen molar-refractivity contribution in [2.24, 2.45) is 5.92 Å². The van der Waals surface area contributed by atoms with Crippen LogP contribution in [0.25, 0.3) is 0 Å². The van der Waals surface area contributed by atoms with Crippen LogP contribution in [0.1, 0.15) is 31.7 Å². The van der Waals surface area contributed by atoms with Gasteiger partial charge in [-0.2, -0.15) is 0 Å². The van der Waals surface area contributed by atoms with Gasteiger partial charge in [-0.15, -0.1) is 0 Å². The quantitative estimate of drug-likeness (QED) is 0.901. The zero-order valence-corrected chi connectivity index (χ0v) is 11.0. The van der Waals surface area contributed by atoms with Crippen molar-refractivity contribution in [3.8, 4) is 0 Å². The third kappa shape index (κ3) is 2.90. The number of pyridine rings is 1. The lowest BCUT2D eigenvalue weighted by molar-refractivity contribution is 0.281. The van der Waals surface area contributed by atoms with E-state index in [-0.39, 0.29) is 6.61 Å². The fourth-order valence-corrected chi connectivity index (χ4v) is 2.69.